The molecule has 0 aliphatic heterocycles. The zero-order chi connectivity index (χ0) is 18.8. The molecule has 0 bridgehead atoms. The molecule has 1 amide bonds. The summed E-state index contributed by atoms with van der Waals surface area (Å²) in [7, 11) is 0. The molecule has 2 aliphatic carbocycles. The Labute approximate surface area is 160 Å². The molecular formula is C23H26N2O2. The molecule has 0 spiro atoms. The predicted molar refractivity (Wildman–Crippen MR) is 107 cm³/mol. The molecule has 1 atom stereocenters. The van der Waals surface area contributed by atoms with Gasteiger partial charge in [0.2, 0.25) is 5.91 Å². The summed E-state index contributed by atoms with van der Waals surface area (Å²) < 4.78 is 0. The number of Topliss-reactive ketones (excluding diaryl/α,β-unsaturated/α-hetero) is 1. The van der Waals surface area contributed by atoms with Crippen molar-refractivity contribution >= 4 is 17.4 Å². The molecule has 2 aliphatic rings. The molecule has 0 saturated carbocycles. The molecular weight excluding hydrogens is 336 g/mol. The Balaban J connectivity index is 1.35. The van der Waals surface area contributed by atoms with E-state index in [-0.39, 0.29) is 30.6 Å². The number of hydrogen-bond acceptors (Lipinski definition) is 3. The van der Waals surface area contributed by atoms with Gasteiger partial charge in [0, 0.05) is 24.1 Å². The number of ketones is 1. The maximum Gasteiger partial charge on any atom is 0.220 e. The van der Waals surface area contributed by atoms with Crippen molar-refractivity contribution in [1.82, 2.24) is 5.32 Å². The zero-order valence-electron chi connectivity index (χ0n) is 15.6. The Kier molecular flexibility index (Phi) is 4.97. The summed E-state index contributed by atoms with van der Waals surface area (Å²) >= 11 is 0. The number of nitrogens with two attached hydrogens (primary N) is 1. The summed E-state index contributed by atoms with van der Waals surface area (Å²) in [5.74, 6) is -0.00384. The van der Waals surface area contributed by atoms with Crippen LogP contribution >= 0.6 is 0 Å². The second kappa shape index (κ2) is 7.55. The van der Waals surface area contributed by atoms with Crippen LogP contribution in [0.3, 0.4) is 0 Å². The molecule has 4 heteroatoms. The third-order valence-corrected chi connectivity index (χ3v) is 5.82. The maximum atomic E-state index is 12.5. The van der Waals surface area contributed by atoms with Gasteiger partial charge >= 0.3 is 0 Å². The average molecular weight is 362 g/mol. The van der Waals surface area contributed by atoms with Crippen LogP contribution in [0.1, 0.15) is 70.8 Å². The van der Waals surface area contributed by atoms with Crippen LogP contribution in [0.25, 0.3) is 0 Å². The third-order valence-electron chi connectivity index (χ3n) is 5.82. The van der Waals surface area contributed by atoms with Crippen LogP contribution in [0.5, 0.6) is 0 Å². The number of aryl methyl sites for hydroxylation is 3. The van der Waals surface area contributed by atoms with Gasteiger partial charge in [-0.3, -0.25) is 9.59 Å². The van der Waals surface area contributed by atoms with Gasteiger partial charge in [-0.05, 0) is 79.0 Å². The SMILES string of the molecule is Nc1ccc2c(c1)CCCC2NC(=O)CCC(=O)c1ccc2c(c1)CCC2. The largest absolute Gasteiger partial charge is 0.399 e. The molecule has 27 heavy (non-hydrogen) atoms. The van der Waals surface area contributed by atoms with E-state index in [2.05, 4.69) is 11.4 Å². The molecule has 0 radical (unpaired) electrons. The Bertz CT molecular complexity index is 888. The summed E-state index contributed by atoms with van der Waals surface area (Å²) in [5.41, 5.74) is 12.4. The van der Waals surface area contributed by atoms with Crippen LogP contribution in [0, 0.1) is 0 Å². The summed E-state index contributed by atoms with van der Waals surface area (Å²) in [4.78, 5) is 24.9. The highest BCUT2D eigenvalue weighted by Crippen LogP contribution is 2.31. The van der Waals surface area contributed by atoms with Crippen molar-refractivity contribution in [3.8, 4) is 0 Å². The van der Waals surface area contributed by atoms with Crippen LogP contribution < -0.4 is 11.1 Å². The van der Waals surface area contributed by atoms with Gasteiger partial charge in [-0.25, -0.2) is 0 Å². The van der Waals surface area contributed by atoms with E-state index in [4.69, 9.17) is 5.73 Å². The fourth-order valence-electron chi connectivity index (χ4n) is 4.37. The quantitative estimate of drug-likeness (QED) is 0.626. The highest BCUT2D eigenvalue weighted by Gasteiger charge is 2.22. The zero-order valence-corrected chi connectivity index (χ0v) is 15.6. The Morgan fingerprint density at radius 2 is 1.74 bits per heavy atom. The van der Waals surface area contributed by atoms with E-state index < -0.39 is 0 Å². The molecule has 0 fully saturated rings. The van der Waals surface area contributed by atoms with E-state index in [9.17, 15) is 9.59 Å². The fourth-order valence-corrected chi connectivity index (χ4v) is 4.37. The van der Waals surface area contributed by atoms with E-state index in [0.717, 1.165) is 48.9 Å². The van der Waals surface area contributed by atoms with E-state index in [1.54, 1.807) is 0 Å². The lowest BCUT2D eigenvalue weighted by Gasteiger charge is -2.26. The Morgan fingerprint density at radius 1 is 0.926 bits per heavy atom. The standard InChI is InChI=1S/C23H26N2O2/c24-19-9-10-20-17(14-19)5-2-6-21(20)25-23(27)12-11-22(26)18-8-7-15-3-1-4-16(15)13-18/h7-10,13-14,21H,1-6,11-12,24H2,(H,25,27). The molecule has 4 rings (SSSR count). The maximum absolute atomic E-state index is 12.5. The fraction of sp³-hybridized carbons (Fsp3) is 0.391. The summed E-state index contributed by atoms with van der Waals surface area (Å²) in [6.45, 7) is 0. The third kappa shape index (κ3) is 3.90. The van der Waals surface area contributed by atoms with Gasteiger partial charge in [-0.1, -0.05) is 18.2 Å². The van der Waals surface area contributed by atoms with E-state index in [0.29, 0.717) is 0 Å². The first-order valence-corrected chi connectivity index (χ1v) is 9.93. The number of carbonyl (C=O) groups is 2. The van der Waals surface area contributed by atoms with Crippen molar-refractivity contribution in [2.75, 3.05) is 5.73 Å². The lowest BCUT2D eigenvalue weighted by Crippen LogP contribution is -2.31. The van der Waals surface area contributed by atoms with Crippen LogP contribution in [0.2, 0.25) is 0 Å². The first kappa shape index (κ1) is 17.8. The van der Waals surface area contributed by atoms with Gasteiger partial charge in [0.1, 0.15) is 0 Å². The molecule has 1 unspecified atom stereocenters. The van der Waals surface area contributed by atoms with Crippen molar-refractivity contribution in [3.05, 3.63) is 64.2 Å². The number of anilines is 1. The van der Waals surface area contributed by atoms with Crippen molar-refractivity contribution in [2.24, 2.45) is 0 Å². The topological polar surface area (TPSA) is 72.2 Å². The number of nitrogens with one attached hydrogen (secondary N) is 1. The molecule has 3 N–H and O–H groups in total. The molecule has 0 aromatic heterocycles. The number of nitrogen functional groups attached to an aromatic ring is 1. The van der Waals surface area contributed by atoms with Gasteiger partial charge in [-0.15, -0.1) is 0 Å². The minimum atomic E-state index is -0.0563. The van der Waals surface area contributed by atoms with Crippen LogP contribution in [-0.4, -0.2) is 11.7 Å². The summed E-state index contributed by atoms with van der Waals surface area (Å²) in [6, 6.07) is 11.9. The molecule has 140 valence electrons. The Hall–Kier alpha value is -2.62. The Morgan fingerprint density at radius 3 is 2.63 bits per heavy atom. The average Bonchev–Trinajstić information content (AvgIpc) is 3.14. The van der Waals surface area contributed by atoms with E-state index in [1.165, 1.54) is 23.1 Å². The van der Waals surface area contributed by atoms with E-state index in [1.807, 2.05) is 30.3 Å². The van der Waals surface area contributed by atoms with Crippen LogP contribution in [-0.2, 0) is 24.1 Å². The van der Waals surface area contributed by atoms with Gasteiger partial charge < -0.3 is 11.1 Å². The molecule has 4 nitrogen and oxygen atoms in total. The van der Waals surface area contributed by atoms with Gasteiger partial charge in [0.15, 0.2) is 5.78 Å². The van der Waals surface area contributed by atoms with Gasteiger partial charge in [0.25, 0.3) is 0 Å². The van der Waals surface area contributed by atoms with Gasteiger partial charge in [-0.2, -0.15) is 0 Å². The van der Waals surface area contributed by atoms with E-state index >= 15 is 0 Å². The number of fused-ring (bicyclic) bond motifs is 2. The minimum absolute atomic E-state index is 0.0250. The smallest absolute Gasteiger partial charge is 0.220 e. The van der Waals surface area contributed by atoms with Crippen LogP contribution in [0.15, 0.2) is 36.4 Å². The number of benzene rings is 2. The first-order valence-electron chi connectivity index (χ1n) is 9.93. The normalized spacial score (nSPS) is 17.9. The van der Waals surface area contributed by atoms with Gasteiger partial charge in [0.05, 0.1) is 6.04 Å². The second-order valence-corrected chi connectivity index (χ2v) is 7.73. The lowest BCUT2D eigenvalue weighted by molar-refractivity contribution is -0.121. The predicted octanol–water partition coefficient (Wildman–Crippen LogP) is 3.91. The number of carbonyl (C=O) groups excluding carboxylic acids is 2. The number of rotatable bonds is 5. The van der Waals surface area contributed by atoms with Crippen molar-refractivity contribution in [2.45, 2.75) is 57.4 Å². The molecule has 2 aromatic carbocycles. The second-order valence-electron chi connectivity index (χ2n) is 7.73. The highest BCUT2D eigenvalue weighted by atomic mass is 16.2. The number of amides is 1. The van der Waals surface area contributed by atoms with Crippen molar-refractivity contribution in [1.29, 1.82) is 0 Å². The lowest BCUT2D eigenvalue weighted by atomic mass is 9.87. The van der Waals surface area contributed by atoms with Crippen molar-refractivity contribution < 1.29 is 9.59 Å². The minimum Gasteiger partial charge on any atom is -0.399 e. The molecule has 0 heterocycles. The monoisotopic (exact) mass is 362 g/mol. The van der Waals surface area contributed by atoms with Crippen molar-refractivity contribution in [3.63, 3.8) is 0 Å². The number of hydrogen-bond donors (Lipinski definition) is 2. The highest BCUT2D eigenvalue weighted by molar-refractivity contribution is 5.98. The summed E-state index contributed by atoms with van der Waals surface area (Å²) in [5, 5.41) is 3.11. The molecule has 2 aromatic rings. The first-order chi connectivity index (χ1) is 13.1. The summed E-state index contributed by atoms with van der Waals surface area (Å²) in [6.07, 6.45) is 6.80. The van der Waals surface area contributed by atoms with Crippen LogP contribution in [0.4, 0.5) is 5.69 Å². The molecule has 0 saturated heterocycles.